The lowest BCUT2D eigenvalue weighted by Crippen LogP contribution is -2.29. The molecule has 0 saturated carbocycles. The van der Waals surface area contributed by atoms with Crippen LogP contribution in [-0.2, 0) is 0 Å². The lowest BCUT2D eigenvalue weighted by atomic mass is 10.1. The Balaban J connectivity index is 2.54. The van der Waals surface area contributed by atoms with Crippen LogP contribution in [0.5, 0.6) is 0 Å². The molecule has 96 valence electrons. The van der Waals surface area contributed by atoms with Crippen molar-refractivity contribution in [2.45, 2.75) is 18.9 Å². The van der Waals surface area contributed by atoms with Gasteiger partial charge in [0, 0.05) is 23.3 Å². The maximum Gasteiger partial charge on any atom is 0.126 e. The number of benzene rings is 1. The Morgan fingerprint density at radius 3 is 2.82 bits per heavy atom. The largest absolute Gasteiger partial charge is 0.381 e. The standard InChI is InChI=1S/C12H18ClFN2S/c1-17-4-2-3-11(8-15)16-12-6-9(13)5-10(14)7-12/h5-7,11,16H,2-4,8,15H2,1H3. The second-order valence-corrected chi connectivity index (χ2v) is 5.29. The van der Waals surface area contributed by atoms with Crippen LogP contribution >= 0.6 is 23.4 Å². The van der Waals surface area contributed by atoms with Crippen molar-refractivity contribution < 1.29 is 4.39 Å². The zero-order valence-electron chi connectivity index (χ0n) is 9.88. The fraction of sp³-hybridized carbons (Fsp3) is 0.500. The van der Waals surface area contributed by atoms with Crippen molar-refractivity contribution in [3.63, 3.8) is 0 Å². The van der Waals surface area contributed by atoms with E-state index < -0.39 is 0 Å². The van der Waals surface area contributed by atoms with Gasteiger partial charge in [0.25, 0.3) is 0 Å². The van der Waals surface area contributed by atoms with Crippen molar-refractivity contribution in [3.05, 3.63) is 29.0 Å². The first-order chi connectivity index (χ1) is 8.15. The quantitative estimate of drug-likeness (QED) is 0.750. The molecule has 0 aromatic heterocycles. The maximum atomic E-state index is 13.1. The number of nitrogens with two attached hydrogens (primary N) is 1. The SMILES string of the molecule is CSCCCC(CN)Nc1cc(F)cc(Cl)c1. The minimum atomic E-state index is -0.333. The van der Waals surface area contributed by atoms with Crippen molar-refractivity contribution in [2.24, 2.45) is 5.73 Å². The van der Waals surface area contributed by atoms with Crippen LogP contribution in [0, 0.1) is 5.82 Å². The molecule has 0 amide bonds. The molecule has 1 aromatic carbocycles. The van der Waals surface area contributed by atoms with E-state index in [9.17, 15) is 4.39 Å². The molecule has 0 aliphatic carbocycles. The van der Waals surface area contributed by atoms with Gasteiger partial charge in [0.2, 0.25) is 0 Å². The summed E-state index contributed by atoms with van der Waals surface area (Å²) in [6.07, 6.45) is 4.15. The van der Waals surface area contributed by atoms with E-state index in [2.05, 4.69) is 11.6 Å². The summed E-state index contributed by atoms with van der Waals surface area (Å²) in [6.45, 7) is 0.530. The van der Waals surface area contributed by atoms with Gasteiger partial charge >= 0.3 is 0 Å². The Morgan fingerprint density at radius 2 is 2.24 bits per heavy atom. The second kappa shape index (κ2) is 7.80. The predicted octanol–water partition coefficient (Wildman–Crippen LogP) is 3.36. The summed E-state index contributed by atoms with van der Waals surface area (Å²) in [5.74, 6) is 0.780. The number of nitrogens with one attached hydrogen (secondary N) is 1. The van der Waals surface area contributed by atoms with E-state index in [1.165, 1.54) is 12.1 Å². The molecular formula is C12H18ClFN2S. The van der Waals surface area contributed by atoms with Gasteiger partial charge in [-0.2, -0.15) is 11.8 Å². The van der Waals surface area contributed by atoms with Crippen LogP contribution in [0.1, 0.15) is 12.8 Å². The molecule has 17 heavy (non-hydrogen) atoms. The highest BCUT2D eigenvalue weighted by molar-refractivity contribution is 7.98. The minimum Gasteiger partial charge on any atom is -0.381 e. The van der Waals surface area contributed by atoms with E-state index in [1.54, 1.807) is 6.07 Å². The van der Waals surface area contributed by atoms with Crippen LogP contribution in [0.2, 0.25) is 5.02 Å². The Hall–Kier alpha value is -0.450. The molecule has 0 aliphatic rings. The summed E-state index contributed by atoms with van der Waals surface area (Å²) in [5.41, 5.74) is 6.37. The van der Waals surface area contributed by atoms with Gasteiger partial charge in [0.15, 0.2) is 0 Å². The summed E-state index contributed by atoms with van der Waals surface area (Å²) in [6, 6.07) is 4.60. The summed E-state index contributed by atoms with van der Waals surface area (Å²) < 4.78 is 13.1. The van der Waals surface area contributed by atoms with E-state index in [0.29, 0.717) is 17.3 Å². The fourth-order valence-electron chi connectivity index (χ4n) is 1.60. The molecule has 0 bridgehead atoms. The summed E-state index contributed by atoms with van der Waals surface area (Å²) in [7, 11) is 0. The predicted molar refractivity (Wildman–Crippen MR) is 75.5 cm³/mol. The van der Waals surface area contributed by atoms with E-state index in [0.717, 1.165) is 18.6 Å². The number of hydrogen-bond donors (Lipinski definition) is 2. The van der Waals surface area contributed by atoms with Crippen LogP contribution in [0.4, 0.5) is 10.1 Å². The molecule has 5 heteroatoms. The first-order valence-electron chi connectivity index (χ1n) is 5.57. The number of anilines is 1. The Labute approximate surface area is 111 Å². The molecule has 1 unspecified atom stereocenters. The molecule has 0 radical (unpaired) electrons. The average molecular weight is 277 g/mol. The van der Waals surface area contributed by atoms with E-state index in [4.69, 9.17) is 17.3 Å². The lowest BCUT2D eigenvalue weighted by Gasteiger charge is -2.18. The van der Waals surface area contributed by atoms with Crippen molar-refractivity contribution in [1.82, 2.24) is 0 Å². The van der Waals surface area contributed by atoms with E-state index >= 15 is 0 Å². The van der Waals surface area contributed by atoms with Gasteiger partial charge in [-0.25, -0.2) is 4.39 Å². The number of hydrogen-bond acceptors (Lipinski definition) is 3. The van der Waals surface area contributed by atoms with Crippen LogP contribution in [0.25, 0.3) is 0 Å². The maximum absolute atomic E-state index is 13.1. The van der Waals surface area contributed by atoms with Crippen molar-refractivity contribution >= 4 is 29.1 Å². The highest BCUT2D eigenvalue weighted by Gasteiger charge is 2.07. The molecule has 3 N–H and O–H groups in total. The van der Waals surface area contributed by atoms with Gasteiger partial charge in [0.05, 0.1) is 0 Å². The van der Waals surface area contributed by atoms with Crippen molar-refractivity contribution in [1.29, 1.82) is 0 Å². The average Bonchev–Trinajstić information content (AvgIpc) is 2.26. The lowest BCUT2D eigenvalue weighted by molar-refractivity contribution is 0.624. The highest BCUT2D eigenvalue weighted by Crippen LogP contribution is 2.19. The molecule has 0 aliphatic heterocycles. The number of thioether (sulfide) groups is 1. The zero-order chi connectivity index (χ0) is 12.7. The first kappa shape index (κ1) is 14.6. The monoisotopic (exact) mass is 276 g/mol. The molecule has 0 heterocycles. The van der Waals surface area contributed by atoms with Gasteiger partial charge in [-0.05, 0) is 43.0 Å². The molecule has 2 nitrogen and oxygen atoms in total. The molecular weight excluding hydrogens is 259 g/mol. The molecule has 0 fully saturated rings. The molecule has 1 rings (SSSR count). The summed E-state index contributed by atoms with van der Waals surface area (Å²) in [5, 5.41) is 3.61. The summed E-state index contributed by atoms with van der Waals surface area (Å²) >= 11 is 7.60. The van der Waals surface area contributed by atoms with Gasteiger partial charge in [-0.15, -0.1) is 0 Å². The normalized spacial score (nSPS) is 12.5. The number of halogens is 2. The Morgan fingerprint density at radius 1 is 1.47 bits per heavy atom. The van der Waals surface area contributed by atoms with Gasteiger partial charge < -0.3 is 11.1 Å². The van der Waals surface area contributed by atoms with Crippen LogP contribution in [0.3, 0.4) is 0 Å². The van der Waals surface area contributed by atoms with Crippen LogP contribution in [0.15, 0.2) is 18.2 Å². The Kier molecular flexibility index (Phi) is 6.70. The van der Waals surface area contributed by atoms with Crippen molar-refractivity contribution in [2.75, 3.05) is 23.9 Å². The third-order valence-electron chi connectivity index (χ3n) is 2.42. The fourth-order valence-corrected chi connectivity index (χ4v) is 2.27. The zero-order valence-corrected chi connectivity index (χ0v) is 11.5. The van der Waals surface area contributed by atoms with Gasteiger partial charge in [-0.3, -0.25) is 0 Å². The first-order valence-corrected chi connectivity index (χ1v) is 7.34. The van der Waals surface area contributed by atoms with Crippen LogP contribution < -0.4 is 11.1 Å². The van der Waals surface area contributed by atoms with E-state index in [-0.39, 0.29) is 11.9 Å². The number of rotatable bonds is 7. The van der Waals surface area contributed by atoms with Crippen LogP contribution in [-0.4, -0.2) is 24.6 Å². The molecule has 0 saturated heterocycles. The van der Waals surface area contributed by atoms with Crippen molar-refractivity contribution in [3.8, 4) is 0 Å². The highest BCUT2D eigenvalue weighted by atomic mass is 35.5. The topological polar surface area (TPSA) is 38.0 Å². The third-order valence-corrected chi connectivity index (χ3v) is 3.33. The summed E-state index contributed by atoms with van der Waals surface area (Å²) in [4.78, 5) is 0. The molecule has 0 spiro atoms. The van der Waals surface area contributed by atoms with E-state index in [1.807, 2.05) is 11.8 Å². The third kappa shape index (κ3) is 5.61. The molecule has 1 atom stereocenters. The molecule has 1 aromatic rings. The second-order valence-electron chi connectivity index (χ2n) is 3.87. The smallest absolute Gasteiger partial charge is 0.126 e. The Bertz CT molecular complexity index is 329. The minimum absolute atomic E-state index is 0.167. The van der Waals surface area contributed by atoms with Gasteiger partial charge in [-0.1, -0.05) is 11.6 Å². The van der Waals surface area contributed by atoms with Gasteiger partial charge in [0.1, 0.15) is 5.82 Å².